The van der Waals surface area contributed by atoms with Gasteiger partial charge in [0.05, 0.1) is 0 Å². The maximum absolute atomic E-state index is 12.1. The third-order valence-electron chi connectivity index (χ3n) is 4.24. The van der Waals surface area contributed by atoms with Gasteiger partial charge in [-0.25, -0.2) is 4.79 Å². The van der Waals surface area contributed by atoms with Crippen LogP contribution in [0.15, 0.2) is 30.3 Å². The number of carbonyl (C=O) groups is 1. The average molecular weight is 289 g/mol. The Labute approximate surface area is 128 Å². The average Bonchev–Trinajstić information content (AvgIpc) is 2.52. The molecule has 4 heteroatoms. The monoisotopic (exact) mass is 289 g/mol. The minimum Gasteiger partial charge on any atom is -0.338 e. The molecule has 1 aromatic rings. The predicted molar refractivity (Wildman–Crippen MR) is 86.4 cm³/mol. The maximum Gasteiger partial charge on any atom is 0.317 e. The number of rotatable bonds is 5. The third-order valence-corrected chi connectivity index (χ3v) is 4.24. The number of nitrogens with one attached hydrogen (secondary N) is 1. The van der Waals surface area contributed by atoms with Gasteiger partial charge in [0.1, 0.15) is 0 Å². The Balaban J connectivity index is 1.62. The Morgan fingerprint density at radius 3 is 2.52 bits per heavy atom. The topological polar surface area (TPSA) is 35.6 Å². The third kappa shape index (κ3) is 5.05. The van der Waals surface area contributed by atoms with Gasteiger partial charge >= 0.3 is 6.03 Å². The summed E-state index contributed by atoms with van der Waals surface area (Å²) >= 11 is 0. The van der Waals surface area contributed by atoms with Gasteiger partial charge in [0.2, 0.25) is 0 Å². The highest BCUT2D eigenvalue weighted by Gasteiger charge is 2.23. The molecular formula is C17H27N3O. The van der Waals surface area contributed by atoms with E-state index in [4.69, 9.17) is 0 Å². The van der Waals surface area contributed by atoms with E-state index in [1.54, 1.807) is 0 Å². The first-order chi connectivity index (χ1) is 10.2. The van der Waals surface area contributed by atoms with Crippen molar-refractivity contribution in [3.63, 3.8) is 0 Å². The van der Waals surface area contributed by atoms with Crippen LogP contribution in [0, 0.1) is 0 Å². The summed E-state index contributed by atoms with van der Waals surface area (Å²) in [4.78, 5) is 16.3. The van der Waals surface area contributed by atoms with Crippen LogP contribution in [-0.2, 0) is 6.42 Å². The Bertz CT molecular complexity index is 425. The van der Waals surface area contributed by atoms with Crippen molar-refractivity contribution in [1.82, 2.24) is 15.1 Å². The van der Waals surface area contributed by atoms with Gasteiger partial charge in [0.25, 0.3) is 0 Å². The van der Waals surface area contributed by atoms with Crippen LogP contribution in [0.2, 0.25) is 0 Å². The number of nitrogens with zero attached hydrogens (tertiary/aromatic N) is 2. The molecule has 0 atom stereocenters. The van der Waals surface area contributed by atoms with Crippen molar-refractivity contribution >= 4 is 6.03 Å². The van der Waals surface area contributed by atoms with Gasteiger partial charge in [-0.3, -0.25) is 0 Å². The number of carbonyl (C=O) groups excluding carboxylic acids is 1. The molecule has 4 nitrogen and oxygen atoms in total. The maximum atomic E-state index is 12.1. The van der Waals surface area contributed by atoms with E-state index in [-0.39, 0.29) is 6.03 Å². The number of benzene rings is 1. The molecule has 1 heterocycles. The van der Waals surface area contributed by atoms with Gasteiger partial charge in [0, 0.05) is 25.7 Å². The van der Waals surface area contributed by atoms with Crippen molar-refractivity contribution in [1.29, 1.82) is 0 Å². The van der Waals surface area contributed by atoms with Crippen molar-refractivity contribution in [3.05, 3.63) is 35.9 Å². The van der Waals surface area contributed by atoms with E-state index in [2.05, 4.69) is 48.6 Å². The number of hydrogen-bond acceptors (Lipinski definition) is 2. The highest BCUT2D eigenvalue weighted by Crippen LogP contribution is 2.14. The zero-order valence-corrected chi connectivity index (χ0v) is 13.2. The Kier molecular flexibility index (Phi) is 6.05. The van der Waals surface area contributed by atoms with E-state index in [1.807, 2.05) is 11.0 Å². The number of hydrogen-bond donors (Lipinski definition) is 1. The lowest BCUT2D eigenvalue weighted by atomic mass is 10.0. The van der Waals surface area contributed by atoms with Crippen LogP contribution in [-0.4, -0.2) is 55.6 Å². The Morgan fingerprint density at radius 1 is 1.24 bits per heavy atom. The van der Waals surface area contributed by atoms with Gasteiger partial charge < -0.3 is 15.1 Å². The second kappa shape index (κ2) is 8.03. The van der Waals surface area contributed by atoms with Crippen molar-refractivity contribution in [2.75, 3.05) is 33.7 Å². The first-order valence-electron chi connectivity index (χ1n) is 7.90. The Hall–Kier alpha value is -1.55. The minimum atomic E-state index is 0.0975. The molecule has 116 valence electrons. The standard InChI is InChI=1S/C17H27N3O/c1-19(2)16-10-13-20(14-11-16)17(21)18-12-6-9-15-7-4-3-5-8-15/h3-5,7-8,16H,6,9-14H2,1-2H3,(H,18,21). The van der Waals surface area contributed by atoms with Crippen LogP contribution in [0.4, 0.5) is 4.79 Å². The van der Waals surface area contributed by atoms with Crippen LogP contribution in [0.1, 0.15) is 24.8 Å². The van der Waals surface area contributed by atoms with Gasteiger partial charge in [0.15, 0.2) is 0 Å². The normalized spacial score (nSPS) is 16.2. The lowest BCUT2D eigenvalue weighted by molar-refractivity contribution is 0.148. The van der Waals surface area contributed by atoms with Crippen molar-refractivity contribution in [2.24, 2.45) is 0 Å². The number of piperidine rings is 1. The number of amides is 2. The van der Waals surface area contributed by atoms with Gasteiger partial charge in [-0.15, -0.1) is 0 Å². The molecule has 1 aliphatic rings. The largest absolute Gasteiger partial charge is 0.338 e. The molecule has 2 rings (SSSR count). The van der Waals surface area contributed by atoms with Crippen LogP contribution < -0.4 is 5.32 Å². The van der Waals surface area contributed by atoms with E-state index >= 15 is 0 Å². The fourth-order valence-electron chi connectivity index (χ4n) is 2.83. The highest BCUT2D eigenvalue weighted by molar-refractivity contribution is 5.74. The van der Waals surface area contributed by atoms with E-state index in [1.165, 1.54) is 5.56 Å². The van der Waals surface area contributed by atoms with Crippen LogP contribution >= 0.6 is 0 Å². The summed E-state index contributed by atoms with van der Waals surface area (Å²) in [6, 6.07) is 11.1. The number of urea groups is 1. The minimum absolute atomic E-state index is 0.0975. The number of aryl methyl sites for hydroxylation is 1. The van der Waals surface area contributed by atoms with Crippen LogP contribution in [0.3, 0.4) is 0 Å². The van der Waals surface area contributed by atoms with Crippen molar-refractivity contribution in [3.8, 4) is 0 Å². The summed E-state index contributed by atoms with van der Waals surface area (Å²) in [5, 5.41) is 3.04. The summed E-state index contributed by atoms with van der Waals surface area (Å²) < 4.78 is 0. The molecule has 0 radical (unpaired) electrons. The fraction of sp³-hybridized carbons (Fsp3) is 0.588. The molecule has 1 aliphatic heterocycles. The lowest BCUT2D eigenvalue weighted by Gasteiger charge is -2.35. The molecule has 1 saturated heterocycles. The first kappa shape index (κ1) is 15.8. The molecule has 0 aromatic heterocycles. The summed E-state index contributed by atoms with van der Waals surface area (Å²) in [5.41, 5.74) is 1.33. The lowest BCUT2D eigenvalue weighted by Crippen LogP contribution is -2.48. The summed E-state index contributed by atoms with van der Waals surface area (Å²) in [6.45, 7) is 2.49. The zero-order chi connectivity index (χ0) is 15.1. The second-order valence-corrected chi connectivity index (χ2v) is 6.00. The fourth-order valence-corrected chi connectivity index (χ4v) is 2.83. The van der Waals surface area contributed by atoms with Crippen molar-refractivity contribution < 1.29 is 4.79 Å². The zero-order valence-electron chi connectivity index (χ0n) is 13.2. The molecule has 0 spiro atoms. The summed E-state index contributed by atoms with van der Waals surface area (Å²) in [6.07, 6.45) is 4.16. The second-order valence-electron chi connectivity index (χ2n) is 6.00. The molecule has 1 aromatic carbocycles. The molecule has 21 heavy (non-hydrogen) atoms. The highest BCUT2D eigenvalue weighted by atomic mass is 16.2. The van der Waals surface area contributed by atoms with E-state index in [0.29, 0.717) is 6.04 Å². The molecule has 0 unspecified atom stereocenters. The molecular weight excluding hydrogens is 262 g/mol. The quantitative estimate of drug-likeness (QED) is 0.845. The van der Waals surface area contributed by atoms with Crippen LogP contribution in [0.5, 0.6) is 0 Å². The Morgan fingerprint density at radius 2 is 1.90 bits per heavy atom. The molecule has 1 N–H and O–H groups in total. The van der Waals surface area contributed by atoms with Crippen molar-refractivity contribution in [2.45, 2.75) is 31.7 Å². The van der Waals surface area contributed by atoms with E-state index < -0.39 is 0 Å². The smallest absolute Gasteiger partial charge is 0.317 e. The molecule has 2 amide bonds. The summed E-state index contributed by atoms with van der Waals surface area (Å²) in [7, 11) is 4.23. The predicted octanol–water partition coefficient (Wildman–Crippen LogP) is 2.35. The van der Waals surface area contributed by atoms with Gasteiger partial charge in [-0.1, -0.05) is 30.3 Å². The molecule has 1 fully saturated rings. The SMILES string of the molecule is CN(C)C1CCN(C(=O)NCCCc2ccccc2)CC1. The van der Waals surface area contributed by atoms with Gasteiger partial charge in [-0.05, 0) is 45.3 Å². The molecule has 0 saturated carbocycles. The first-order valence-corrected chi connectivity index (χ1v) is 7.90. The van der Waals surface area contributed by atoms with E-state index in [0.717, 1.165) is 45.3 Å². The number of likely N-dealkylation sites (tertiary alicyclic amines) is 1. The van der Waals surface area contributed by atoms with Gasteiger partial charge in [-0.2, -0.15) is 0 Å². The van der Waals surface area contributed by atoms with Crippen LogP contribution in [0.25, 0.3) is 0 Å². The molecule has 0 bridgehead atoms. The molecule has 0 aliphatic carbocycles. The summed E-state index contributed by atoms with van der Waals surface area (Å²) in [5.74, 6) is 0. The van der Waals surface area contributed by atoms with E-state index in [9.17, 15) is 4.79 Å².